The Labute approximate surface area is 165 Å². The Hall–Kier alpha value is -1.61. The fourth-order valence-corrected chi connectivity index (χ4v) is 4.83. The SMILES string of the molecule is Cc1cccc(OCCSc2ccc(S(=O)(=O)N3CCN(C)CC3)cn2)c1. The van der Waals surface area contributed by atoms with Gasteiger partial charge in [0.25, 0.3) is 0 Å². The second-order valence-corrected chi connectivity index (χ2v) is 9.61. The van der Waals surface area contributed by atoms with Crippen LogP contribution >= 0.6 is 11.8 Å². The lowest BCUT2D eigenvalue weighted by Gasteiger charge is -2.31. The molecule has 0 unspecified atom stereocenters. The molecule has 8 heteroatoms. The van der Waals surface area contributed by atoms with E-state index >= 15 is 0 Å². The Balaban J connectivity index is 1.51. The van der Waals surface area contributed by atoms with Gasteiger partial charge in [-0.3, -0.25) is 0 Å². The van der Waals surface area contributed by atoms with E-state index in [1.54, 1.807) is 23.9 Å². The van der Waals surface area contributed by atoms with Crippen LogP contribution in [-0.2, 0) is 10.0 Å². The topological polar surface area (TPSA) is 62.7 Å². The van der Waals surface area contributed by atoms with Crippen LogP contribution in [0.25, 0.3) is 0 Å². The number of benzene rings is 1. The van der Waals surface area contributed by atoms with Crippen LogP contribution in [0.5, 0.6) is 5.75 Å². The fraction of sp³-hybridized carbons (Fsp3) is 0.421. The zero-order chi connectivity index (χ0) is 19.3. The first-order valence-corrected chi connectivity index (χ1v) is 11.3. The van der Waals surface area contributed by atoms with Crippen LogP contribution in [0.2, 0.25) is 0 Å². The molecular weight excluding hydrogens is 382 g/mol. The zero-order valence-corrected chi connectivity index (χ0v) is 17.3. The van der Waals surface area contributed by atoms with Crippen LogP contribution in [0, 0.1) is 6.92 Å². The first-order chi connectivity index (χ1) is 12.9. The Morgan fingerprint density at radius 1 is 1.15 bits per heavy atom. The second kappa shape index (κ2) is 9.05. The van der Waals surface area contributed by atoms with E-state index in [0.29, 0.717) is 19.7 Å². The summed E-state index contributed by atoms with van der Waals surface area (Å²) < 4.78 is 32.6. The third-order valence-corrected chi connectivity index (χ3v) is 7.19. The molecule has 2 heterocycles. The van der Waals surface area contributed by atoms with Gasteiger partial charge in [-0.1, -0.05) is 12.1 Å². The summed E-state index contributed by atoms with van der Waals surface area (Å²) in [6.45, 7) is 5.14. The van der Waals surface area contributed by atoms with Crippen molar-refractivity contribution in [3.8, 4) is 5.75 Å². The van der Waals surface area contributed by atoms with Gasteiger partial charge >= 0.3 is 0 Å². The highest BCUT2D eigenvalue weighted by molar-refractivity contribution is 7.99. The average Bonchev–Trinajstić information content (AvgIpc) is 2.66. The standard InChI is InChI=1S/C19H25N3O3S2/c1-16-4-3-5-17(14-16)25-12-13-26-19-7-6-18(15-20-19)27(23,24)22-10-8-21(2)9-11-22/h3-7,14-15H,8-13H2,1-2H3. The number of ether oxygens (including phenoxy) is 1. The van der Waals surface area contributed by atoms with Gasteiger partial charge in [-0.05, 0) is 43.8 Å². The van der Waals surface area contributed by atoms with Crippen molar-refractivity contribution in [3.63, 3.8) is 0 Å². The van der Waals surface area contributed by atoms with Gasteiger partial charge in [0.1, 0.15) is 10.6 Å². The molecule has 1 aromatic heterocycles. The Kier molecular flexibility index (Phi) is 6.75. The van der Waals surface area contributed by atoms with Crippen LogP contribution in [0.4, 0.5) is 0 Å². The molecule has 0 atom stereocenters. The van der Waals surface area contributed by atoms with Gasteiger partial charge in [0.2, 0.25) is 10.0 Å². The van der Waals surface area contributed by atoms with E-state index in [1.807, 2.05) is 38.2 Å². The van der Waals surface area contributed by atoms with Gasteiger partial charge in [-0.25, -0.2) is 13.4 Å². The lowest BCUT2D eigenvalue weighted by molar-refractivity contribution is 0.222. The van der Waals surface area contributed by atoms with Crippen LogP contribution in [0.3, 0.4) is 0 Å². The third kappa shape index (κ3) is 5.44. The first kappa shape index (κ1) is 20.1. The largest absolute Gasteiger partial charge is 0.493 e. The molecule has 1 aliphatic heterocycles. The van der Waals surface area contributed by atoms with E-state index in [1.165, 1.54) is 16.1 Å². The maximum Gasteiger partial charge on any atom is 0.244 e. The molecule has 1 aromatic carbocycles. The number of nitrogens with zero attached hydrogens (tertiary/aromatic N) is 3. The average molecular weight is 408 g/mol. The molecule has 0 saturated carbocycles. The summed E-state index contributed by atoms with van der Waals surface area (Å²) in [5, 5.41) is 0.792. The molecule has 27 heavy (non-hydrogen) atoms. The van der Waals surface area contributed by atoms with Crippen LogP contribution < -0.4 is 4.74 Å². The molecule has 6 nitrogen and oxygen atoms in total. The van der Waals surface area contributed by atoms with Crippen LogP contribution in [0.1, 0.15) is 5.56 Å². The van der Waals surface area contributed by atoms with Crippen molar-refractivity contribution in [1.29, 1.82) is 0 Å². The maximum atomic E-state index is 12.7. The van der Waals surface area contributed by atoms with E-state index in [4.69, 9.17) is 4.74 Å². The van der Waals surface area contributed by atoms with Gasteiger partial charge < -0.3 is 9.64 Å². The van der Waals surface area contributed by atoms with Crippen molar-refractivity contribution >= 4 is 21.8 Å². The van der Waals surface area contributed by atoms with Crippen molar-refractivity contribution in [2.45, 2.75) is 16.8 Å². The highest BCUT2D eigenvalue weighted by Crippen LogP contribution is 2.21. The smallest absolute Gasteiger partial charge is 0.244 e. The number of likely N-dealkylation sites (N-methyl/N-ethyl adjacent to an activating group) is 1. The lowest BCUT2D eigenvalue weighted by atomic mass is 10.2. The van der Waals surface area contributed by atoms with Crippen molar-refractivity contribution in [3.05, 3.63) is 48.2 Å². The van der Waals surface area contributed by atoms with Crippen molar-refractivity contribution in [1.82, 2.24) is 14.2 Å². The molecule has 2 aromatic rings. The number of piperazine rings is 1. The number of sulfonamides is 1. The van der Waals surface area contributed by atoms with Gasteiger partial charge in [0.05, 0.1) is 11.6 Å². The number of aryl methyl sites for hydroxylation is 1. The summed E-state index contributed by atoms with van der Waals surface area (Å²) in [5.41, 5.74) is 1.17. The molecule has 0 radical (unpaired) electrons. The normalized spacial score (nSPS) is 16.4. The fourth-order valence-electron chi connectivity index (χ4n) is 2.79. The summed E-state index contributed by atoms with van der Waals surface area (Å²) in [7, 11) is -1.46. The number of hydrogen-bond acceptors (Lipinski definition) is 6. The minimum absolute atomic E-state index is 0.257. The minimum Gasteiger partial charge on any atom is -0.493 e. The molecule has 0 amide bonds. The predicted molar refractivity (Wildman–Crippen MR) is 108 cm³/mol. The molecule has 0 N–H and O–H groups in total. The summed E-state index contributed by atoms with van der Waals surface area (Å²) in [5.74, 6) is 1.60. The van der Waals surface area contributed by atoms with Crippen molar-refractivity contribution in [2.75, 3.05) is 45.6 Å². The predicted octanol–water partition coefficient (Wildman–Crippen LogP) is 2.50. The van der Waals surface area contributed by atoms with E-state index < -0.39 is 10.0 Å². The van der Waals surface area contributed by atoms with E-state index in [2.05, 4.69) is 9.88 Å². The van der Waals surface area contributed by atoms with Gasteiger partial charge in [-0.15, -0.1) is 11.8 Å². The van der Waals surface area contributed by atoms with Crippen molar-refractivity contribution < 1.29 is 13.2 Å². The number of rotatable bonds is 7. The number of hydrogen-bond donors (Lipinski definition) is 0. The van der Waals surface area contributed by atoms with E-state index in [9.17, 15) is 8.42 Å². The summed E-state index contributed by atoms with van der Waals surface area (Å²) in [6.07, 6.45) is 1.46. The lowest BCUT2D eigenvalue weighted by Crippen LogP contribution is -2.47. The first-order valence-electron chi connectivity index (χ1n) is 8.92. The van der Waals surface area contributed by atoms with Gasteiger partial charge in [0, 0.05) is 38.1 Å². The van der Waals surface area contributed by atoms with E-state index in [0.717, 1.165) is 29.6 Å². The van der Waals surface area contributed by atoms with Crippen molar-refractivity contribution in [2.24, 2.45) is 0 Å². The molecule has 0 spiro atoms. The molecule has 3 rings (SSSR count). The van der Waals surface area contributed by atoms with Gasteiger partial charge in [-0.2, -0.15) is 4.31 Å². The maximum absolute atomic E-state index is 12.7. The number of pyridine rings is 1. The molecular formula is C19H25N3O3S2. The van der Waals surface area contributed by atoms with E-state index in [-0.39, 0.29) is 4.90 Å². The van der Waals surface area contributed by atoms with Crippen LogP contribution in [0.15, 0.2) is 52.5 Å². The quantitative estimate of drug-likeness (QED) is 0.519. The zero-order valence-electron chi connectivity index (χ0n) is 15.7. The molecule has 1 aliphatic rings. The number of aromatic nitrogens is 1. The number of thioether (sulfide) groups is 1. The Morgan fingerprint density at radius 3 is 2.59 bits per heavy atom. The summed E-state index contributed by atoms with van der Waals surface area (Å²) >= 11 is 1.55. The summed E-state index contributed by atoms with van der Waals surface area (Å²) in [4.78, 5) is 6.69. The van der Waals surface area contributed by atoms with Gasteiger partial charge in [0.15, 0.2) is 0 Å². The summed E-state index contributed by atoms with van der Waals surface area (Å²) in [6, 6.07) is 11.3. The molecule has 1 saturated heterocycles. The molecule has 1 fully saturated rings. The third-order valence-electron chi connectivity index (χ3n) is 4.40. The molecule has 0 aliphatic carbocycles. The highest BCUT2D eigenvalue weighted by Gasteiger charge is 2.27. The highest BCUT2D eigenvalue weighted by atomic mass is 32.2. The Bertz CT molecular complexity index is 849. The molecule has 146 valence electrons. The minimum atomic E-state index is -3.46. The molecule has 0 bridgehead atoms. The monoisotopic (exact) mass is 407 g/mol. The Morgan fingerprint density at radius 2 is 1.93 bits per heavy atom. The second-order valence-electron chi connectivity index (χ2n) is 6.55. The van der Waals surface area contributed by atoms with Crippen LogP contribution in [-0.4, -0.2) is 68.2 Å².